The van der Waals surface area contributed by atoms with E-state index in [1.54, 1.807) is 11.0 Å². The summed E-state index contributed by atoms with van der Waals surface area (Å²) in [5.41, 5.74) is 2.44. The summed E-state index contributed by atoms with van der Waals surface area (Å²) < 4.78 is 27.3. The van der Waals surface area contributed by atoms with Gasteiger partial charge in [0.1, 0.15) is 0 Å². The summed E-state index contributed by atoms with van der Waals surface area (Å²) in [6, 6.07) is 5.53. The van der Waals surface area contributed by atoms with E-state index in [-0.39, 0.29) is 11.8 Å². The molecule has 1 aliphatic heterocycles. The zero-order chi connectivity index (χ0) is 17.3. The van der Waals surface area contributed by atoms with Gasteiger partial charge in [-0.2, -0.15) is 4.31 Å². The fourth-order valence-electron chi connectivity index (χ4n) is 3.49. The summed E-state index contributed by atoms with van der Waals surface area (Å²) in [7, 11) is -3.46. The van der Waals surface area contributed by atoms with Gasteiger partial charge in [-0.3, -0.25) is 4.79 Å². The topological polar surface area (TPSA) is 57.7 Å². The lowest BCUT2D eigenvalue weighted by atomic mass is 10.1. The van der Waals surface area contributed by atoms with E-state index >= 15 is 0 Å². The first-order chi connectivity index (χ1) is 11.4. The smallest absolute Gasteiger partial charge is 0.243 e. The molecule has 0 saturated carbocycles. The standard InChI is InChI=1S/C18H26N2O3S/c1-3-14(2)18(21)19-9-11-20(12-10-19)24(22,23)17-8-7-15-5-4-6-16(15)13-17/h7-8,13-14H,3-6,9-12H2,1-2H3/t14-/m0/s1. The van der Waals surface area contributed by atoms with E-state index in [0.29, 0.717) is 31.1 Å². The SMILES string of the molecule is CC[C@H](C)C(=O)N1CCN(S(=O)(=O)c2ccc3c(c2)CCC3)CC1. The lowest BCUT2D eigenvalue weighted by molar-refractivity contribution is -0.136. The second-order valence-corrected chi connectivity index (χ2v) is 8.76. The van der Waals surface area contributed by atoms with Crippen molar-refractivity contribution < 1.29 is 13.2 Å². The van der Waals surface area contributed by atoms with Crippen LogP contribution in [0.4, 0.5) is 0 Å². The minimum atomic E-state index is -3.46. The van der Waals surface area contributed by atoms with E-state index in [4.69, 9.17) is 0 Å². The number of nitrogens with zero attached hydrogens (tertiary/aromatic N) is 2. The predicted octanol–water partition coefficient (Wildman–Crippen LogP) is 2.05. The quantitative estimate of drug-likeness (QED) is 0.835. The number of carbonyl (C=O) groups is 1. The molecule has 1 aromatic rings. The molecule has 1 heterocycles. The molecule has 0 radical (unpaired) electrons. The number of aryl methyl sites for hydroxylation is 2. The van der Waals surface area contributed by atoms with Gasteiger partial charge in [-0.15, -0.1) is 0 Å². The summed E-state index contributed by atoms with van der Waals surface area (Å²) in [4.78, 5) is 14.4. The summed E-state index contributed by atoms with van der Waals surface area (Å²) >= 11 is 0. The van der Waals surface area contributed by atoms with Crippen molar-refractivity contribution in [3.05, 3.63) is 29.3 Å². The van der Waals surface area contributed by atoms with Crippen LogP contribution in [0.5, 0.6) is 0 Å². The number of carbonyl (C=O) groups excluding carboxylic acids is 1. The number of sulfonamides is 1. The lowest BCUT2D eigenvalue weighted by Crippen LogP contribution is -2.51. The molecule has 0 bridgehead atoms. The Labute approximate surface area is 144 Å². The molecule has 1 aromatic carbocycles. The number of benzene rings is 1. The average molecular weight is 350 g/mol. The van der Waals surface area contributed by atoms with Crippen LogP contribution in [-0.2, 0) is 27.7 Å². The second kappa shape index (κ2) is 6.84. The summed E-state index contributed by atoms with van der Waals surface area (Å²) in [6.07, 6.45) is 3.93. The summed E-state index contributed by atoms with van der Waals surface area (Å²) in [5, 5.41) is 0. The highest BCUT2D eigenvalue weighted by atomic mass is 32.2. The van der Waals surface area contributed by atoms with Crippen molar-refractivity contribution in [1.29, 1.82) is 0 Å². The highest BCUT2D eigenvalue weighted by Gasteiger charge is 2.31. The number of piperazine rings is 1. The van der Waals surface area contributed by atoms with Gasteiger partial charge in [0, 0.05) is 32.1 Å². The molecule has 0 unspecified atom stereocenters. The molecule has 6 heteroatoms. The largest absolute Gasteiger partial charge is 0.340 e. The van der Waals surface area contributed by atoms with Crippen molar-refractivity contribution in [3.63, 3.8) is 0 Å². The third-order valence-electron chi connectivity index (χ3n) is 5.29. The van der Waals surface area contributed by atoms with Crippen molar-refractivity contribution in [3.8, 4) is 0 Å². The minimum absolute atomic E-state index is 0.00451. The van der Waals surface area contributed by atoms with Gasteiger partial charge in [0.05, 0.1) is 4.90 Å². The molecule has 0 aromatic heterocycles. The van der Waals surface area contributed by atoms with Crippen molar-refractivity contribution in [2.24, 2.45) is 5.92 Å². The van der Waals surface area contributed by atoms with Crippen LogP contribution in [0.25, 0.3) is 0 Å². The molecule has 1 aliphatic carbocycles. The molecule has 1 fully saturated rings. The third kappa shape index (κ3) is 3.22. The van der Waals surface area contributed by atoms with E-state index in [1.165, 1.54) is 15.4 Å². The van der Waals surface area contributed by atoms with Crippen LogP contribution < -0.4 is 0 Å². The normalized spacial score (nSPS) is 20.0. The first-order valence-corrected chi connectivity index (χ1v) is 10.3. The summed E-state index contributed by atoms with van der Waals surface area (Å²) in [6.45, 7) is 5.64. The van der Waals surface area contributed by atoms with E-state index in [0.717, 1.165) is 25.7 Å². The van der Waals surface area contributed by atoms with Crippen LogP contribution in [0.1, 0.15) is 37.8 Å². The number of hydrogen-bond donors (Lipinski definition) is 0. The van der Waals surface area contributed by atoms with Gasteiger partial charge in [-0.05, 0) is 48.9 Å². The Balaban J connectivity index is 1.70. The van der Waals surface area contributed by atoms with Gasteiger partial charge in [0.2, 0.25) is 15.9 Å². The highest BCUT2D eigenvalue weighted by Crippen LogP contribution is 2.26. The van der Waals surface area contributed by atoms with Crippen LogP contribution >= 0.6 is 0 Å². The maximum absolute atomic E-state index is 12.9. The molecule has 132 valence electrons. The highest BCUT2D eigenvalue weighted by molar-refractivity contribution is 7.89. The molecule has 24 heavy (non-hydrogen) atoms. The summed E-state index contributed by atoms with van der Waals surface area (Å²) in [5.74, 6) is 0.136. The van der Waals surface area contributed by atoms with Crippen LogP contribution in [-0.4, -0.2) is 49.7 Å². The van der Waals surface area contributed by atoms with E-state index in [9.17, 15) is 13.2 Å². The molecule has 3 rings (SSSR count). The molecule has 1 atom stereocenters. The molecular formula is C18H26N2O3S. The Hall–Kier alpha value is -1.40. The van der Waals surface area contributed by atoms with Crippen LogP contribution in [0.3, 0.4) is 0 Å². The zero-order valence-corrected chi connectivity index (χ0v) is 15.3. The minimum Gasteiger partial charge on any atom is -0.340 e. The van der Waals surface area contributed by atoms with Gasteiger partial charge < -0.3 is 4.90 Å². The van der Waals surface area contributed by atoms with Gasteiger partial charge >= 0.3 is 0 Å². The predicted molar refractivity (Wildman–Crippen MR) is 93.3 cm³/mol. The Kier molecular flexibility index (Phi) is 4.97. The monoisotopic (exact) mass is 350 g/mol. The first-order valence-electron chi connectivity index (χ1n) is 8.84. The van der Waals surface area contributed by atoms with E-state index in [1.807, 2.05) is 26.0 Å². The fourth-order valence-corrected chi connectivity index (χ4v) is 4.97. The molecule has 2 aliphatic rings. The van der Waals surface area contributed by atoms with Crippen LogP contribution in [0.2, 0.25) is 0 Å². The van der Waals surface area contributed by atoms with Crippen molar-refractivity contribution in [2.75, 3.05) is 26.2 Å². The van der Waals surface area contributed by atoms with Gasteiger partial charge in [-0.1, -0.05) is 19.9 Å². The van der Waals surface area contributed by atoms with Crippen molar-refractivity contribution in [1.82, 2.24) is 9.21 Å². The fraction of sp³-hybridized carbons (Fsp3) is 0.611. The zero-order valence-electron chi connectivity index (χ0n) is 14.5. The number of fused-ring (bicyclic) bond motifs is 1. The molecule has 1 amide bonds. The molecule has 1 saturated heterocycles. The Morgan fingerprint density at radius 3 is 2.46 bits per heavy atom. The molecule has 5 nitrogen and oxygen atoms in total. The second-order valence-electron chi connectivity index (χ2n) is 6.82. The maximum Gasteiger partial charge on any atom is 0.243 e. The number of rotatable bonds is 4. The Morgan fingerprint density at radius 2 is 1.79 bits per heavy atom. The third-order valence-corrected chi connectivity index (χ3v) is 7.19. The number of amides is 1. The van der Waals surface area contributed by atoms with Gasteiger partial charge in [0.25, 0.3) is 0 Å². The van der Waals surface area contributed by atoms with Crippen molar-refractivity contribution in [2.45, 2.75) is 44.4 Å². The Morgan fingerprint density at radius 1 is 1.12 bits per heavy atom. The van der Waals surface area contributed by atoms with Gasteiger partial charge in [-0.25, -0.2) is 8.42 Å². The van der Waals surface area contributed by atoms with Crippen LogP contribution in [0, 0.1) is 5.92 Å². The molecule has 0 N–H and O–H groups in total. The van der Waals surface area contributed by atoms with E-state index < -0.39 is 10.0 Å². The van der Waals surface area contributed by atoms with Crippen molar-refractivity contribution >= 4 is 15.9 Å². The average Bonchev–Trinajstić information content (AvgIpc) is 3.08. The van der Waals surface area contributed by atoms with Crippen LogP contribution in [0.15, 0.2) is 23.1 Å². The molecular weight excluding hydrogens is 324 g/mol. The Bertz CT molecular complexity index is 722. The number of hydrogen-bond acceptors (Lipinski definition) is 3. The lowest BCUT2D eigenvalue weighted by Gasteiger charge is -2.35. The maximum atomic E-state index is 12.9. The van der Waals surface area contributed by atoms with Gasteiger partial charge in [0.15, 0.2) is 0 Å². The first kappa shape index (κ1) is 17.4. The van der Waals surface area contributed by atoms with E-state index in [2.05, 4.69) is 0 Å². The molecule has 0 spiro atoms.